The van der Waals surface area contributed by atoms with Gasteiger partial charge in [0.1, 0.15) is 11.6 Å². The zero-order valence-corrected chi connectivity index (χ0v) is 27.4. The fraction of sp³-hybridized carbons (Fsp3) is 0.571. The maximum atomic E-state index is 14.1. The van der Waals surface area contributed by atoms with Crippen molar-refractivity contribution in [1.29, 1.82) is 0 Å². The predicted molar refractivity (Wildman–Crippen MR) is 180 cm³/mol. The van der Waals surface area contributed by atoms with Crippen molar-refractivity contribution in [3.05, 3.63) is 53.6 Å². The van der Waals surface area contributed by atoms with Crippen molar-refractivity contribution >= 4 is 34.7 Å². The van der Waals surface area contributed by atoms with E-state index in [4.69, 9.17) is 0 Å². The molecule has 0 radical (unpaired) electrons. The minimum Gasteiger partial charge on any atom is -0.341 e. The van der Waals surface area contributed by atoms with Gasteiger partial charge in [0.25, 0.3) is 0 Å². The van der Waals surface area contributed by atoms with Crippen LogP contribution in [0.4, 0.5) is 15.3 Å². The number of rotatable bonds is 6. The maximum absolute atomic E-state index is 14.1. The summed E-state index contributed by atoms with van der Waals surface area (Å²) in [5.74, 6) is 1.39. The zero-order chi connectivity index (χ0) is 32.3. The highest BCUT2D eigenvalue weighted by Crippen LogP contribution is 2.32. The Kier molecular flexibility index (Phi) is 9.28. The molecule has 0 spiro atoms. The van der Waals surface area contributed by atoms with Gasteiger partial charge in [-0.2, -0.15) is 0 Å². The lowest BCUT2D eigenvalue weighted by atomic mass is 9.79. The first-order chi connectivity index (χ1) is 22.9. The molecule has 1 atom stereocenters. The molecule has 0 aliphatic carbocycles. The Labute approximate surface area is 276 Å². The van der Waals surface area contributed by atoms with Gasteiger partial charge < -0.3 is 30.2 Å². The molecule has 5 heterocycles. The van der Waals surface area contributed by atoms with Gasteiger partial charge in [-0.3, -0.25) is 9.89 Å². The summed E-state index contributed by atoms with van der Waals surface area (Å²) in [5.41, 5.74) is 4.52. The van der Waals surface area contributed by atoms with Gasteiger partial charge in [-0.05, 0) is 106 Å². The fourth-order valence-corrected chi connectivity index (χ4v) is 8.12. The highest BCUT2D eigenvalue weighted by atomic mass is 16.2. The van der Waals surface area contributed by atoms with E-state index >= 15 is 0 Å². The quantitative estimate of drug-likeness (QED) is 0.377. The second-order valence-electron chi connectivity index (χ2n) is 13.9. The molecule has 1 aromatic heterocycles. The number of carbonyl (C=O) groups is 3. The Morgan fingerprint density at radius 2 is 1.60 bits per heavy atom. The molecule has 3 fully saturated rings. The zero-order valence-electron chi connectivity index (χ0n) is 27.4. The molecule has 1 unspecified atom stereocenters. The molecule has 47 heavy (non-hydrogen) atoms. The van der Waals surface area contributed by atoms with Crippen LogP contribution in [0.15, 0.2) is 42.5 Å². The Morgan fingerprint density at radius 3 is 2.36 bits per heavy atom. The van der Waals surface area contributed by atoms with Crippen LogP contribution in [0.1, 0.15) is 49.7 Å². The standard InChI is InChI=1S/C35H47N9O3/c1-41-15-8-25(9-16-41)26-10-17-42(18-11-26)33(45)32(23-24-6-7-30-31(22-24)39-40-38-30)37-34(46)43-19-13-28(14-20-43)44-21-12-27-4-2-3-5-29(27)36-35(44)47/h2-7,22,25-26,28,32H,8-21,23H2,1H3,(H,36,47)(H,37,46)(H,38,39,40). The van der Waals surface area contributed by atoms with Crippen LogP contribution in [0.25, 0.3) is 11.0 Å². The molecule has 3 saturated heterocycles. The molecule has 0 saturated carbocycles. The molecule has 4 aliphatic heterocycles. The lowest BCUT2D eigenvalue weighted by Crippen LogP contribution is -2.57. The maximum Gasteiger partial charge on any atom is 0.322 e. The number of fused-ring (bicyclic) bond motifs is 2. The largest absolute Gasteiger partial charge is 0.341 e. The van der Waals surface area contributed by atoms with Gasteiger partial charge in [0, 0.05) is 50.9 Å². The van der Waals surface area contributed by atoms with E-state index in [2.05, 4.69) is 44.1 Å². The van der Waals surface area contributed by atoms with E-state index in [1.165, 1.54) is 12.8 Å². The lowest BCUT2D eigenvalue weighted by molar-refractivity contribution is -0.135. The Morgan fingerprint density at radius 1 is 0.894 bits per heavy atom. The summed E-state index contributed by atoms with van der Waals surface area (Å²) in [4.78, 5) is 49.0. The van der Waals surface area contributed by atoms with E-state index in [-0.39, 0.29) is 24.0 Å². The van der Waals surface area contributed by atoms with E-state index in [1.54, 1.807) is 4.90 Å². The van der Waals surface area contributed by atoms with Crippen molar-refractivity contribution in [2.24, 2.45) is 11.8 Å². The average molecular weight is 642 g/mol. The van der Waals surface area contributed by atoms with Gasteiger partial charge >= 0.3 is 12.1 Å². The fourth-order valence-electron chi connectivity index (χ4n) is 8.12. The number of benzene rings is 2. The number of aromatic amines is 1. The molecule has 250 valence electrons. The number of anilines is 1. The number of hydrogen-bond acceptors (Lipinski definition) is 6. The second-order valence-corrected chi connectivity index (χ2v) is 13.9. The topological polar surface area (TPSA) is 130 Å². The first-order valence-electron chi connectivity index (χ1n) is 17.4. The SMILES string of the molecule is CN1CCC(C2CCN(C(=O)C(Cc3ccc4[nH]nnc4c3)NC(=O)N3CCC(N4CCc5ccccc5NC4=O)CC3)CC2)CC1. The highest BCUT2D eigenvalue weighted by Gasteiger charge is 2.35. The van der Waals surface area contributed by atoms with E-state index in [0.29, 0.717) is 44.8 Å². The first kappa shape index (κ1) is 31.4. The number of urea groups is 2. The lowest BCUT2D eigenvalue weighted by Gasteiger charge is -2.41. The van der Waals surface area contributed by atoms with Crippen LogP contribution in [-0.4, -0.2) is 118 Å². The summed E-state index contributed by atoms with van der Waals surface area (Å²) >= 11 is 0. The monoisotopic (exact) mass is 641 g/mol. The van der Waals surface area contributed by atoms with E-state index in [0.717, 1.165) is 79.2 Å². The second kappa shape index (κ2) is 13.9. The molecule has 7 rings (SSSR count). The van der Waals surface area contributed by atoms with Crippen LogP contribution in [0.2, 0.25) is 0 Å². The molecule has 12 nitrogen and oxygen atoms in total. The molecule has 2 aromatic carbocycles. The summed E-state index contributed by atoms with van der Waals surface area (Å²) in [7, 11) is 2.20. The van der Waals surface area contributed by atoms with E-state index < -0.39 is 6.04 Å². The van der Waals surface area contributed by atoms with Crippen LogP contribution in [0.3, 0.4) is 0 Å². The normalized spacial score (nSPS) is 21.3. The predicted octanol–water partition coefficient (Wildman–Crippen LogP) is 3.71. The number of H-pyrrole nitrogens is 1. The van der Waals surface area contributed by atoms with Crippen LogP contribution in [0.5, 0.6) is 0 Å². The molecule has 5 amide bonds. The number of carbonyl (C=O) groups excluding carboxylic acids is 3. The average Bonchev–Trinajstić information content (AvgIpc) is 3.50. The third-order valence-electron chi connectivity index (χ3n) is 11.0. The number of amides is 5. The molecule has 0 bridgehead atoms. The number of para-hydroxylation sites is 1. The Bertz CT molecular complexity index is 1570. The Balaban J connectivity index is 0.981. The van der Waals surface area contributed by atoms with E-state index in [1.807, 2.05) is 46.2 Å². The minimum atomic E-state index is -0.681. The number of nitrogens with one attached hydrogen (secondary N) is 3. The van der Waals surface area contributed by atoms with Crippen molar-refractivity contribution < 1.29 is 14.4 Å². The summed E-state index contributed by atoms with van der Waals surface area (Å²) in [6.45, 7) is 5.49. The number of likely N-dealkylation sites (tertiary alicyclic amines) is 3. The van der Waals surface area contributed by atoms with Crippen LogP contribution in [0, 0.1) is 11.8 Å². The first-order valence-corrected chi connectivity index (χ1v) is 17.4. The van der Waals surface area contributed by atoms with Crippen molar-refractivity contribution in [3.63, 3.8) is 0 Å². The summed E-state index contributed by atoms with van der Waals surface area (Å²) in [6.07, 6.45) is 7.10. The van der Waals surface area contributed by atoms with Crippen LogP contribution in [-0.2, 0) is 17.6 Å². The van der Waals surface area contributed by atoms with Gasteiger partial charge in [0.2, 0.25) is 5.91 Å². The number of nitrogens with zero attached hydrogens (tertiary/aromatic N) is 6. The van der Waals surface area contributed by atoms with E-state index in [9.17, 15) is 14.4 Å². The van der Waals surface area contributed by atoms with Crippen molar-refractivity contribution in [1.82, 2.24) is 40.3 Å². The molecular formula is C35H47N9O3. The third-order valence-corrected chi connectivity index (χ3v) is 11.0. The molecule has 3 N–H and O–H groups in total. The molecule has 12 heteroatoms. The van der Waals surface area contributed by atoms with Gasteiger partial charge in [0.05, 0.1) is 5.52 Å². The highest BCUT2D eigenvalue weighted by molar-refractivity contribution is 5.91. The number of hydrogen-bond donors (Lipinski definition) is 3. The van der Waals surface area contributed by atoms with Gasteiger partial charge in [-0.25, -0.2) is 9.59 Å². The van der Waals surface area contributed by atoms with Crippen LogP contribution < -0.4 is 10.6 Å². The van der Waals surface area contributed by atoms with Crippen molar-refractivity contribution in [2.75, 3.05) is 58.2 Å². The van der Waals surface area contributed by atoms with Crippen molar-refractivity contribution in [2.45, 2.75) is 63.5 Å². The minimum absolute atomic E-state index is 0.0175. The number of aromatic nitrogens is 3. The smallest absolute Gasteiger partial charge is 0.322 e. The van der Waals surface area contributed by atoms with Gasteiger partial charge in [0.15, 0.2) is 0 Å². The molecule has 3 aromatic rings. The molecular weight excluding hydrogens is 594 g/mol. The van der Waals surface area contributed by atoms with Crippen LogP contribution >= 0.6 is 0 Å². The summed E-state index contributed by atoms with van der Waals surface area (Å²) in [5, 5.41) is 17.1. The third kappa shape index (κ3) is 7.07. The molecule has 4 aliphatic rings. The van der Waals surface area contributed by atoms with Gasteiger partial charge in [-0.1, -0.05) is 29.5 Å². The van der Waals surface area contributed by atoms with Crippen molar-refractivity contribution in [3.8, 4) is 0 Å². The Hall–Kier alpha value is -4.19. The summed E-state index contributed by atoms with van der Waals surface area (Å²) < 4.78 is 0. The summed E-state index contributed by atoms with van der Waals surface area (Å²) in [6, 6.07) is 12.9. The number of piperidine rings is 3. The van der Waals surface area contributed by atoms with Gasteiger partial charge in [-0.15, -0.1) is 5.10 Å².